The fraction of sp³-hybridized carbons (Fsp3) is 0.462. The summed E-state index contributed by atoms with van der Waals surface area (Å²) in [6.45, 7) is 2.87. The monoisotopic (exact) mass is 319 g/mol. The molecule has 0 aliphatic heterocycles. The van der Waals surface area contributed by atoms with Gasteiger partial charge in [0.2, 0.25) is 5.91 Å². The molecular formula is C13H16F3N3O3. The first kappa shape index (κ1) is 17.7. The third kappa shape index (κ3) is 3.46. The molecule has 1 heterocycles. The molecule has 0 spiro atoms. The molecule has 1 amide bonds. The molecule has 0 aliphatic rings. The lowest BCUT2D eigenvalue weighted by Gasteiger charge is -2.34. The van der Waals surface area contributed by atoms with E-state index in [0.29, 0.717) is 5.56 Å². The predicted molar refractivity (Wildman–Crippen MR) is 71.8 cm³/mol. The number of methoxy groups -OCH3 is 1. The molecule has 0 saturated heterocycles. The van der Waals surface area contributed by atoms with Crippen LogP contribution in [0.25, 0.3) is 0 Å². The summed E-state index contributed by atoms with van der Waals surface area (Å²) in [5.41, 5.74) is -3.04. The molecule has 0 aromatic carbocycles. The molecule has 0 aliphatic carbocycles. The number of nitrogens with zero attached hydrogens (tertiary/aromatic N) is 1. The van der Waals surface area contributed by atoms with E-state index in [1.54, 1.807) is 5.32 Å². The zero-order chi connectivity index (χ0) is 17.0. The Kier molecular flexibility index (Phi) is 5.34. The van der Waals surface area contributed by atoms with Crippen LogP contribution in [0.2, 0.25) is 0 Å². The lowest BCUT2D eigenvalue weighted by molar-refractivity contribution is -0.206. The van der Waals surface area contributed by atoms with Gasteiger partial charge in [-0.05, 0) is 18.6 Å². The van der Waals surface area contributed by atoms with Crippen molar-refractivity contribution in [3.05, 3.63) is 23.9 Å². The minimum absolute atomic E-state index is 0.193. The molecule has 6 nitrogen and oxygen atoms in total. The second-order valence-electron chi connectivity index (χ2n) is 4.43. The van der Waals surface area contributed by atoms with Crippen molar-refractivity contribution >= 4 is 17.7 Å². The van der Waals surface area contributed by atoms with E-state index < -0.39 is 23.7 Å². The quantitative estimate of drug-likeness (QED) is 0.638. The number of carbonyl (C=O) groups excluding carboxylic acids is 2. The molecule has 2 N–H and O–H groups in total. The van der Waals surface area contributed by atoms with Crippen molar-refractivity contribution < 1.29 is 27.5 Å². The first-order valence-electron chi connectivity index (χ1n) is 6.34. The van der Waals surface area contributed by atoms with Gasteiger partial charge in [-0.3, -0.25) is 4.79 Å². The first-order valence-corrected chi connectivity index (χ1v) is 6.34. The Bertz CT molecular complexity index is 563. The van der Waals surface area contributed by atoms with Gasteiger partial charge in [-0.25, -0.2) is 9.78 Å². The fourth-order valence-electron chi connectivity index (χ4n) is 1.64. The van der Waals surface area contributed by atoms with Crippen molar-refractivity contribution in [2.45, 2.75) is 32.1 Å². The van der Waals surface area contributed by atoms with Gasteiger partial charge in [0.25, 0.3) is 0 Å². The summed E-state index contributed by atoms with van der Waals surface area (Å²) in [6, 6.07) is 3.04. The van der Waals surface area contributed by atoms with E-state index >= 15 is 0 Å². The molecular weight excluding hydrogens is 303 g/mol. The van der Waals surface area contributed by atoms with Gasteiger partial charge in [0.05, 0.1) is 7.11 Å². The van der Waals surface area contributed by atoms with Gasteiger partial charge in [0.1, 0.15) is 5.82 Å². The molecule has 1 aromatic rings. The van der Waals surface area contributed by atoms with E-state index in [1.807, 2.05) is 5.32 Å². The molecule has 0 fully saturated rings. The summed E-state index contributed by atoms with van der Waals surface area (Å²) in [6.07, 6.45) is -4.12. The van der Waals surface area contributed by atoms with Crippen LogP contribution in [0.3, 0.4) is 0 Å². The van der Waals surface area contributed by atoms with Crippen LogP contribution in [0.4, 0.5) is 19.0 Å². The molecule has 1 rings (SSSR count). The highest BCUT2D eigenvalue weighted by Gasteiger charge is 2.63. The second-order valence-corrected chi connectivity index (χ2v) is 4.43. The van der Waals surface area contributed by atoms with E-state index in [4.69, 9.17) is 0 Å². The van der Waals surface area contributed by atoms with E-state index in [0.717, 1.165) is 7.11 Å². The summed E-state index contributed by atoms with van der Waals surface area (Å²) in [7, 11) is 0.799. The van der Waals surface area contributed by atoms with Gasteiger partial charge in [-0.2, -0.15) is 13.2 Å². The lowest BCUT2D eigenvalue weighted by atomic mass is 10.1. The Morgan fingerprint density at radius 1 is 1.36 bits per heavy atom. The summed E-state index contributed by atoms with van der Waals surface area (Å²) < 4.78 is 44.8. The topological polar surface area (TPSA) is 80.3 Å². The zero-order valence-electron chi connectivity index (χ0n) is 12.2. The molecule has 1 aromatic heterocycles. The van der Waals surface area contributed by atoms with Gasteiger partial charge in [0, 0.05) is 12.6 Å². The molecule has 122 valence electrons. The van der Waals surface area contributed by atoms with Crippen molar-refractivity contribution in [1.29, 1.82) is 0 Å². The van der Waals surface area contributed by atoms with E-state index in [2.05, 4.69) is 9.72 Å². The SMILES string of the molecule is CCC(=O)NC(Nc1ncccc1C)(C(=O)OC)C(F)(F)F. The minimum Gasteiger partial charge on any atom is -0.466 e. The molecule has 1 unspecified atom stereocenters. The summed E-state index contributed by atoms with van der Waals surface area (Å²) >= 11 is 0. The van der Waals surface area contributed by atoms with Gasteiger partial charge in [0.15, 0.2) is 0 Å². The Labute approximate surface area is 125 Å². The number of alkyl halides is 3. The van der Waals surface area contributed by atoms with Gasteiger partial charge >= 0.3 is 17.8 Å². The number of pyridine rings is 1. The maximum atomic E-state index is 13.5. The summed E-state index contributed by atoms with van der Waals surface area (Å²) in [5.74, 6) is -2.85. The van der Waals surface area contributed by atoms with Crippen LogP contribution in [0.5, 0.6) is 0 Å². The number of halogens is 3. The van der Waals surface area contributed by atoms with Gasteiger partial charge in [-0.15, -0.1) is 0 Å². The minimum atomic E-state index is -5.14. The maximum Gasteiger partial charge on any atom is 0.441 e. The van der Waals surface area contributed by atoms with Crippen LogP contribution in [0.1, 0.15) is 18.9 Å². The fourth-order valence-corrected chi connectivity index (χ4v) is 1.64. The van der Waals surface area contributed by atoms with Crippen molar-refractivity contribution in [3.63, 3.8) is 0 Å². The first-order chi connectivity index (χ1) is 10.2. The second kappa shape index (κ2) is 6.63. The molecule has 22 heavy (non-hydrogen) atoms. The van der Waals surface area contributed by atoms with Crippen LogP contribution in [0, 0.1) is 6.92 Å². The number of hydrogen-bond donors (Lipinski definition) is 2. The zero-order valence-corrected chi connectivity index (χ0v) is 12.2. The van der Waals surface area contributed by atoms with Crippen LogP contribution in [-0.4, -0.2) is 35.8 Å². The highest BCUT2D eigenvalue weighted by molar-refractivity contribution is 5.91. The Balaban J connectivity index is 3.39. The largest absolute Gasteiger partial charge is 0.466 e. The number of esters is 1. The predicted octanol–water partition coefficient (Wildman–Crippen LogP) is 1.76. The average molecular weight is 319 g/mol. The van der Waals surface area contributed by atoms with Crippen LogP contribution >= 0.6 is 0 Å². The highest BCUT2D eigenvalue weighted by Crippen LogP contribution is 2.33. The number of ether oxygens (including phenoxy) is 1. The summed E-state index contributed by atoms with van der Waals surface area (Å²) in [4.78, 5) is 27.0. The number of hydrogen-bond acceptors (Lipinski definition) is 5. The van der Waals surface area contributed by atoms with E-state index in [-0.39, 0.29) is 12.2 Å². The third-order valence-corrected chi connectivity index (χ3v) is 2.88. The van der Waals surface area contributed by atoms with Gasteiger partial charge in [-0.1, -0.05) is 13.0 Å². The molecule has 1 atom stereocenters. The lowest BCUT2D eigenvalue weighted by Crippen LogP contribution is -2.69. The normalized spacial score (nSPS) is 13.9. The van der Waals surface area contributed by atoms with Crippen molar-refractivity contribution in [1.82, 2.24) is 10.3 Å². The molecule has 0 saturated carbocycles. The number of amides is 1. The summed E-state index contributed by atoms with van der Waals surface area (Å²) in [5, 5.41) is 3.63. The number of carbonyl (C=O) groups is 2. The number of aryl methyl sites for hydroxylation is 1. The van der Waals surface area contributed by atoms with Gasteiger partial charge < -0.3 is 15.4 Å². The standard InChI is InChI=1S/C13H16F3N3O3/c1-4-9(20)18-12(11(21)22-3,13(14,15)16)19-10-8(2)6-5-7-17-10/h5-7H,4H2,1-3H3,(H,17,19)(H,18,20). The number of nitrogens with one attached hydrogen (secondary N) is 2. The van der Waals surface area contributed by atoms with Crippen molar-refractivity contribution in [2.24, 2.45) is 0 Å². The van der Waals surface area contributed by atoms with Crippen molar-refractivity contribution in [3.8, 4) is 0 Å². The molecule has 0 radical (unpaired) electrons. The Morgan fingerprint density at radius 3 is 2.45 bits per heavy atom. The Morgan fingerprint density at radius 2 is 2.00 bits per heavy atom. The maximum absolute atomic E-state index is 13.5. The van der Waals surface area contributed by atoms with E-state index in [1.165, 1.54) is 32.2 Å². The number of anilines is 1. The number of aromatic nitrogens is 1. The van der Waals surface area contributed by atoms with Crippen molar-refractivity contribution in [2.75, 3.05) is 12.4 Å². The smallest absolute Gasteiger partial charge is 0.441 e. The third-order valence-electron chi connectivity index (χ3n) is 2.88. The van der Waals surface area contributed by atoms with Crippen LogP contribution in [-0.2, 0) is 14.3 Å². The highest BCUT2D eigenvalue weighted by atomic mass is 19.4. The van der Waals surface area contributed by atoms with Crippen LogP contribution in [0.15, 0.2) is 18.3 Å². The Hall–Kier alpha value is -2.32. The van der Waals surface area contributed by atoms with E-state index in [9.17, 15) is 22.8 Å². The van der Waals surface area contributed by atoms with Crippen LogP contribution < -0.4 is 10.6 Å². The average Bonchev–Trinajstić information content (AvgIpc) is 2.46. The molecule has 0 bridgehead atoms. The number of rotatable bonds is 5. The molecule has 9 heteroatoms.